The van der Waals surface area contributed by atoms with Crippen LogP contribution in [0.2, 0.25) is 0 Å². The number of nitrogens with zero attached hydrogens (tertiary/aromatic N) is 3. The molecular weight excluding hydrogens is 342 g/mol. The van der Waals surface area contributed by atoms with E-state index in [-0.39, 0.29) is 6.17 Å². The Morgan fingerprint density at radius 3 is 1.92 bits per heavy atom. The van der Waals surface area contributed by atoms with E-state index >= 15 is 0 Å². The van der Waals surface area contributed by atoms with Crippen molar-refractivity contribution >= 4 is 22.7 Å². The fraction of sp³-hybridized carbons (Fsp3) is 0.0909. The van der Waals surface area contributed by atoms with Crippen molar-refractivity contribution < 1.29 is 0 Å². The van der Waals surface area contributed by atoms with Gasteiger partial charge in [-0.1, -0.05) is 84.9 Å². The normalized spacial score (nSPS) is 16.8. The quantitative estimate of drug-likeness (QED) is 0.580. The lowest BCUT2D eigenvalue weighted by atomic mass is 10.0. The van der Waals surface area contributed by atoms with E-state index < -0.39 is 0 Å². The van der Waals surface area contributed by atoms with Crippen molar-refractivity contribution in [3.8, 4) is 11.1 Å². The van der Waals surface area contributed by atoms with E-state index in [1.54, 1.807) is 0 Å². The first kappa shape index (κ1) is 16.6. The van der Waals surface area contributed by atoms with Gasteiger partial charge in [0.2, 0.25) is 5.29 Å². The van der Waals surface area contributed by atoms with Crippen LogP contribution in [0.4, 0.5) is 0 Å². The summed E-state index contributed by atoms with van der Waals surface area (Å²) in [4.78, 5) is 11.2. The fourth-order valence-electron chi connectivity index (χ4n) is 3.00. The number of halogens is 1. The zero-order valence-corrected chi connectivity index (χ0v) is 15.1. The van der Waals surface area contributed by atoms with Crippen LogP contribution in [0.25, 0.3) is 11.1 Å². The Kier molecular flexibility index (Phi) is 4.55. The van der Waals surface area contributed by atoms with Gasteiger partial charge in [0.05, 0.1) is 0 Å². The average Bonchev–Trinajstić information content (AvgIpc) is 2.71. The molecular formula is C22H18ClN3. The molecule has 0 aromatic heterocycles. The molecule has 0 bridgehead atoms. The third kappa shape index (κ3) is 3.26. The van der Waals surface area contributed by atoms with Gasteiger partial charge in [-0.2, -0.15) is 4.99 Å². The molecule has 128 valence electrons. The molecule has 0 amide bonds. The van der Waals surface area contributed by atoms with Gasteiger partial charge < -0.3 is 4.90 Å². The molecule has 0 fully saturated rings. The highest BCUT2D eigenvalue weighted by Crippen LogP contribution is 2.27. The third-order valence-electron chi connectivity index (χ3n) is 4.45. The minimum Gasteiger partial charge on any atom is -0.324 e. The Morgan fingerprint density at radius 2 is 1.27 bits per heavy atom. The van der Waals surface area contributed by atoms with Crippen LogP contribution < -0.4 is 0 Å². The molecule has 4 rings (SSSR count). The lowest BCUT2D eigenvalue weighted by molar-refractivity contribution is 0.388. The molecule has 0 spiro atoms. The van der Waals surface area contributed by atoms with E-state index in [0.717, 1.165) is 16.7 Å². The molecule has 0 N–H and O–H groups in total. The summed E-state index contributed by atoms with van der Waals surface area (Å²) in [6.07, 6.45) is -0.176. The summed E-state index contributed by atoms with van der Waals surface area (Å²) in [5.41, 5.74) is 4.39. The molecule has 26 heavy (non-hydrogen) atoms. The van der Waals surface area contributed by atoms with Gasteiger partial charge in [0, 0.05) is 12.6 Å². The molecule has 3 aromatic rings. The van der Waals surface area contributed by atoms with E-state index in [0.29, 0.717) is 11.1 Å². The maximum absolute atomic E-state index is 6.38. The van der Waals surface area contributed by atoms with Crippen LogP contribution >= 0.6 is 11.6 Å². The van der Waals surface area contributed by atoms with Crippen molar-refractivity contribution in [2.45, 2.75) is 6.17 Å². The van der Waals surface area contributed by atoms with Crippen LogP contribution in [-0.2, 0) is 0 Å². The molecule has 1 unspecified atom stereocenters. The minimum absolute atomic E-state index is 0.176. The first-order valence-corrected chi connectivity index (χ1v) is 8.86. The van der Waals surface area contributed by atoms with E-state index in [1.165, 1.54) is 5.56 Å². The third-order valence-corrected chi connectivity index (χ3v) is 4.80. The van der Waals surface area contributed by atoms with Crippen LogP contribution in [-0.4, -0.2) is 23.1 Å². The van der Waals surface area contributed by atoms with Crippen molar-refractivity contribution in [2.75, 3.05) is 7.05 Å². The Labute approximate surface area is 158 Å². The standard InChI is InChI=1S/C22H18ClN3/c1-26-21(19-10-6-3-7-11-19)24-20(25-22(26)23)18-14-12-17(13-15-18)16-8-4-2-5-9-16/h2-15,21H,1H3. The van der Waals surface area contributed by atoms with Crippen LogP contribution in [0, 0.1) is 0 Å². The molecule has 1 aliphatic heterocycles. The van der Waals surface area contributed by atoms with E-state index in [2.05, 4.69) is 41.4 Å². The Balaban J connectivity index is 1.68. The van der Waals surface area contributed by atoms with Crippen LogP contribution in [0.5, 0.6) is 0 Å². The maximum Gasteiger partial charge on any atom is 0.202 e. The molecule has 1 heterocycles. The van der Waals surface area contributed by atoms with Gasteiger partial charge in [-0.3, -0.25) is 0 Å². The maximum atomic E-state index is 6.38. The zero-order chi connectivity index (χ0) is 17.9. The highest BCUT2D eigenvalue weighted by Gasteiger charge is 2.24. The summed E-state index contributed by atoms with van der Waals surface area (Å²) in [5, 5.41) is 0.441. The topological polar surface area (TPSA) is 28.0 Å². The summed E-state index contributed by atoms with van der Waals surface area (Å²) in [5.74, 6) is 0.654. The van der Waals surface area contributed by atoms with Gasteiger partial charge >= 0.3 is 0 Å². The average molecular weight is 360 g/mol. The SMILES string of the molecule is CN1C(Cl)=NC(c2ccc(-c3ccccc3)cc2)=NC1c1ccccc1. The van der Waals surface area contributed by atoms with Gasteiger partial charge in [0.15, 0.2) is 12.0 Å². The lowest BCUT2D eigenvalue weighted by Crippen LogP contribution is -2.31. The van der Waals surface area contributed by atoms with Gasteiger partial charge in [-0.15, -0.1) is 0 Å². The highest BCUT2D eigenvalue weighted by molar-refractivity contribution is 6.65. The molecule has 0 saturated heterocycles. The fourth-order valence-corrected chi connectivity index (χ4v) is 3.18. The number of hydrogen-bond donors (Lipinski definition) is 0. The highest BCUT2D eigenvalue weighted by atomic mass is 35.5. The van der Waals surface area contributed by atoms with Gasteiger partial charge in [-0.05, 0) is 28.3 Å². The molecule has 1 aliphatic rings. The number of aliphatic imine (C=N–C) groups is 2. The molecule has 3 aromatic carbocycles. The summed E-state index contributed by atoms with van der Waals surface area (Å²) < 4.78 is 0. The van der Waals surface area contributed by atoms with Gasteiger partial charge in [-0.25, -0.2) is 4.99 Å². The summed E-state index contributed by atoms with van der Waals surface area (Å²) in [6, 6.07) is 28.7. The first-order chi connectivity index (χ1) is 12.7. The molecule has 0 radical (unpaired) electrons. The van der Waals surface area contributed by atoms with Gasteiger partial charge in [0.1, 0.15) is 0 Å². The van der Waals surface area contributed by atoms with Crippen LogP contribution in [0.15, 0.2) is 94.9 Å². The van der Waals surface area contributed by atoms with Crippen molar-refractivity contribution in [1.29, 1.82) is 0 Å². The Morgan fingerprint density at radius 1 is 0.731 bits per heavy atom. The summed E-state index contributed by atoms with van der Waals surface area (Å²) in [6.45, 7) is 0. The second kappa shape index (κ2) is 7.14. The first-order valence-electron chi connectivity index (χ1n) is 8.48. The predicted molar refractivity (Wildman–Crippen MR) is 109 cm³/mol. The predicted octanol–water partition coefficient (Wildman–Crippen LogP) is 5.34. The second-order valence-electron chi connectivity index (χ2n) is 6.17. The number of rotatable bonds is 3. The molecule has 1 atom stereocenters. The number of amidine groups is 2. The van der Waals surface area contributed by atoms with Crippen molar-refractivity contribution in [3.63, 3.8) is 0 Å². The van der Waals surface area contributed by atoms with Crippen molar-refractivity contribution in [2.24, 2.45) is 9.98 Å². The zero-order valence-electron chi connectivity index (χ0n) is 14.4. The Bertz CT molecular complexity index is 948. The van der Waals surface area contributed by atoms with Gasteiger partial charge in [0.25, 0.3) is 0 Å². The second-order valence-corrected chi connectivity index (χ2v) is 6.51. The minimum atomic E-state index is -0.176. The lowest BCUT2D eigenvalue weighted by Gasteiger charge is -2.29. The summed E-state index contributed by atoms with van der Waals surface area (Å²) in [7, 11) is 1.91. The molecule has 4 heteroatoms. The monoisotopic (exact) mass is 359 g/mol. The summed E-state index contributed by atoms with van der Waals surface area (Å²) >= 11 is 6.38. The molecule has 3 nitrogen and oxygen atoms in total. The number of hydrogen-bond acceptors (Lipinski definition) is 3. The van der Waals surface area contributed by atoms with Crippen molar-refractivity contribution in [3.05, 3.63) is 96.1 Å². The van der Waals surface area contributed by atoms with Crippen LogP contribution in [0.1, 0.15) is 17.3 Å². The molecule has 0 aliphatic carbocycles. The smallest absolute Gasteiger partial charge is 0.202 e. The largest absolute Gasteiger partial charge is 0.324 e. The Hall–Kier alpha value is -2.91. The number of benzene rings is 3. The van der Waals surface area contributed by atoms with E-state index in [4.69, 9.17) is 16.6 Å². The van der Waals surface area contributed by atoms with Crippen LogP contribution in [0.3, 0.4) is 0 Å². The molecule has 0 saturated carbocycles. The van der Waals surface area contributed by atoms with E-state index in [9.17, 15) is 0 Å². The van der Waals surface area contributed by atoms with Crippen molar-refractivity contribution in [1.82, 2.24) is 4.90 Å². The van der Waals surface area contributed by atoms with E-state index in [1.807, 2.05) is 60.5 Å².